The van der Waals surface area contributed by atoms with Crippen molar-refractivity contribution in [2.45, 2.75) is 32.2 Å². The molecular formula is C16H23N3O3. The zero-order valence-corrected chi connectivity index (χ0v) is 12.8. The van der Waals surface area contributed by atoms with Crippen molar-refractivity contribution in [1.82, 2.24) is 10.6 Å². The van der Waals surface area contributed by atoms with E-state index in [1.54, 1.807) is 6.92 Å². The number of hydrogen-bond donors (Lipinski definition) is 3. The molecule has 1 aliphatic heterocycles. The van der Waals surface area contributed by atoms with Crippen LogP contribution < -0.4 is 15.5 Å². The molecule has 0 atom stereocenters. The molecule has 1 aromatic rings. The number of carboxylic acid groups (broad SMARTS) is 1. The largest absolute Gasteiger partial charge is 0.465 e. The van der Waals surface area contributed by atoms with Crippen LogP contribution in [0.5, 0.6) is 0 Å². The van der Waals surface area contributed by atoms with Gasteiger partial charge >= 0.3 is 6.09 Å². The van der Waals surface area contributed by atoms with E-state index in [4.69, 9.17) is 5.11 Å². The van der Waals surface area contributed by atoms with Gasteiger partial charge in [0.2, 0.25) is 5.91 Å². The third-order valence-electron chi connectivity index (χ3n) is 3.92. The summed E-state index contributed by atoms with van der Waals surface area (Å²) in [6.45, 7) is 3.87. The highest BCUT2D eigenvalue weighted by molar-refractivity contribution is 5.92. The number of amides is 2. The van der Waals surface area contributed by atoms with Gasteiger partial charge in [-0.25, -0.2) is 4.79 Å². The van der Waals surface area contributed by atoms with Gasteiger partial charge in [0.15, 0.2) is 0 Å². The van der Waals surface area contributed by atoms with Crippen molar-refractivity contribution >= 4 is 17.7 Å². The molecule has 0 radical (unpaired) electrons. The van der Waals surface area contributed by atoms with Gasteiger partial charge in [0.25, 0.3) is 0 Å². The Bertz CT molecular complexity index is 510. The van der Waals surface area contributed by atoms with Crippen LogP contribution in [-0.4, -0.2) is 42.8 Å². The van der Waals surface area contributed by atoms with E-state index in [0.29, 0.717) is 13.0 Å². The molecule has 1 aromatic carbocycles. The first kappa shape index (κ1) is 16.3. The lowest BCUT2D eigenvalue weighted by atomic mass is 10.0. The van der Waals surface area contributed by atoms with Crippen molar-refractivity contribution in [3.05, 3.63) is 29.8 Å². The second kappa shape index (κ2) is 7.79. The van der Waals surface area contributed by atoms with Crippen molar-refractivity contribution in [3.8, 4) is 0 Å². The first-order chi connectivity index (χ1) is 10.6. The van der Waals surface area contributed by atoms with Crippen molar-refractivity contribution in [1.29, 1.82) is 0 Å². The average molecular weight is 305 g/mol. The Morgan fingerprint density at radius 2 is 1.91 bits per heavy atom. The lowest BCUT2D eigenvalue weighted by Gasteiger charge is -2.34. The van der Waals surface area contributed by atoms with Crippen molar-refractivity contribution in [2.24, 2.45) is 0 Å². The number of carbonyl (C=O) groups excluding carboxylic acids is 1. The van der Waals surface area contributed by atoms with Crippen LogP contribution in [-0.2, 0) is 11.2 Å². The maximum Gasteiger partial charge on any atom is 0.404 e. The zero-order chi connectivity index (χ0) is 15.9. The van der Waals surface area contributed by atoms with E-state index in [1.165, 1.54) is 0 Å². The van der Waals surface area contributed by atoms with E-state index >= 15 is 0 Å². The standard InChI is InChI=1S/C16H23N3O3/c1-12(20)19(15-7-9-17-10-8-15)14-4-2-13(3-5-14)6-11-18-16(21)22/h2-5,15,17-18H,6-11H2,1H3,(H,21,22). The quantitative estimate of drug-likeness (QED) is 0.772. The van der Waals surface area contributed by atoms with Crippen LogP contribution in [0.4, 0.5) is 10.5 Å². The fraction of sp³-hybridized carbons (Fsp3) is 0.500. The van der Waals surface area contributed by atoms with Gasteiger partial charge < -0.3 is 20.6 Å². The molecule has 0 saturated carbocycles. The minimum atomic E-state index is -1.01. The van der Waals surface area contributed by atoms with E-state index in [2.05, 4.69) is 10.6 Å². The van der Waals surface area contributed by atoms with Crippen LogP contribution in [0.1, 0.15) is 25.3 Å². The Morgan fingerprint density at radius 3 is 2.45 bits per heavy atom. The first-order valence-corrected chi connectivity index (χ1v) is 7.64. The number of piperidine rings is 1. The normalized spacial score (nSPS) is 15.3. The van der Waals surface area contributed by atoms with Crippen LogP contribution in [0.25, 0.3) is 0 Å². The molecule has 6 heteroatoms. The monoisotopic (exact) mass is 305 g/mol. The van der Waals surface area contributed by atoms with Crippen LogP contribution in [0, 0.1) is 0 Å². The summed E-state index contributed by atoms with van der Waals surface area (Å²) in [5, 5.41) is 14.2. The number of anilines is 1. The maximum atomic E-state index is 12.0. The SMILES string of the molecule is CC(=O)N(c1ccc(CCNC(=O)O)cc1)C1CCNCC1. The smallest absolute Gasteiger partial charge is 0.404 e. The Morgan fingerprint density at radius 1 is 1.27 bits per heavy atom. The van der Waals surface area contributed by atoms with Crippen molar-refractivity contribution in [3.63, 3.8) is 0 Å². The van der Waals surface area contributed by atoms with Gasteiger partial charge in [-0.05, 0) is 50.0 Å². The summed E-state index contributed by atoms with van der Waals surface area (Å²) in [6, 6.07) is 8.04. The minimum Gasteiger partial charge on any atom is -0.465 e. The third-order valence-corrected chi connectivity index (χ3v) is 3.92. The summed E-state index contributed by atoms with van der Waals surface area (Å²) in [4.78, 5) is 24.3. The first-order valence-electron chi connectivity index (χ1n) is 7.64. The van der Waals surface area contributed by atoms with Crippen LogP contribution in [0.15, 0.2) is 24.3 Å². The Hall–Kier alpha value is -2.08. The highest BCUT2D eigenvalue weighted by Gasteiger charge is 2.24. The molecule has 2 rings (SSSR count). The van der Waals surface area contributed by atoms with E-state index in [1.807, 2.05) is 29.2 Å². The Labute approximate surface area is 130 Å². The molecule has 0 aromatic heterocycles. The summed E-state index contributed by atoms with van der Waals surface area (Å²) in [7, 11) is 0. The number of rotatable bonds is 5. The van der Waals surface area contributed by atoms with E-state index in [9.17, 15) is 9.59 Å². The topological polar surface area (TPSA) is 81.7 Å². The lowest BCUT2D eigenvalue weighted by molar-refractivity contribution is -0.117. The second-order valence-corrected chi connectivity index (χ2v) is 5.52. The fourth-order valence-electron chi connectivity index (χ4n) is 2.85. The molecule has 1 aliphatic rings. The predicted molar refractivity (Wildman–Crippen MR) is 85.2 cm³/mol. The second-order valence-electron chi connectivity index (χ2n) is 5.52. The van der Waals surface area contributed by atoms with Gasteiger partial charge in [-0.2, -0.15) is 0 Å². The van der Waals surface area contributed by atoms with Gasteiger partial charge in [0.05, 0.1) is 0 Å². The number of nitrogens with one attached hydrogen (secondary N) is 2. The summed E-state index contributed by atoms with van der Waals surface area (Å²) in [5.41, 5.74) is 1.96. The molecule has 3 N–H and O–H groups in total. The molecule has 0 bridgehead atoms. The highest BCUT2D eigenvalue weighted by atomic mass is 16.4. The number of carbonyl (C=O) groups is 2. The molecule has 22 heavy (non-hydrogen) atoms. The zero-order valence-electron chi connectivity index (χ0n) is 12.8. The van der Waals surface area contributed by atoms with Crippen LogP contribution >= 0.6 is 0 Å². The Balaban J connectivity index is 2.02. The van der Waals surface area contributed by atoms with Gasteiger partial charge in [-0.3, -0.25) is 4.79 Å². The molecule has 0 spiro atoms. The van der Waals surface area contributed by atoms with Crippen LogP contribution in [0.2, 0.25) is 0 Å². The molecule has 0 unspecified atom stereocenters. The summed E-state index contributed by atoms with van der Waals surface area (Å²) < 4.78 is 0. The molecule has 6 nitrogen and oxygen atoms in total. The molecule has 1 fully saturated rings. The summed E-state index contributed by atoms with van der Waals surface area (Å²) in [6.07, 6.45) is 1.55. The average Bonchev–Trinajstić information content (AvgIpc) is 2.49. The Kier molecular flexibility index (Phi) is 5.77. The van der Waals surface area contributed by atoms with Gasteiger partial charge in [0, 0.05) is 25.2 Å². The molecule has 0 aliphatic carbocycles. The fourth-order valence-corrected chi connectivity index (χ4v) is 2.85. The van der Waals surface area contributed by atoms with Gasteiger partial charge in [-0.15, -0.1) is 0 Å². The summed E-state index contributed by atoms with van der Waals surface area (Å²) in [5.74, 6) is 0.0622. The van der Waals surface area contributed by atoms with Crippen molar-refractivity contribution in [2.75, 3.05) is 24.5 Å². The number of nitrogens with zero attached hydrogens (tertiary/aromatic N) is 1. The molecule has 1 saturated heterocycles. The lowest BCUT2D eigenvalue weighted by Crippen LogP contribution is -2.45. The molecule has 120 valence electrons. The van der Waals surface area contributed by atoms with Gasteiger partial charge in [-0.1, -0.05) is 12.1 Å². The minimum absolute atomic E-state index is 0.0622. The number of hydrogen-bond acceptors (Lipinski definition) is 3. The van der Waals surface area contributed by atoms with E-state index in [-0.39, 0.29) is 11.9 Å². The number of benzene rings is 1. The van der Waals surface area contributed by atoms with Crippen LogP contribution in [0.3, 0.4) is 0 Å². The van der Waals surface area contributed by atoms with E-state index in [0.717, 1.165) is 37.2 Å². The molecule has 1 heterocycles. The van der Waals surface area contributed by atoms with E-state index < -0.39 is 6.09 Å². The molecular weight excluding hydrogens is 282 g/mol. The van der Waals surface area contributed by atoms with Crippen molar-refractivity contribution < 1.29 is 14.7 Å². The highest BCUT2D eigenvalue weighted by Crippen LogP contribution is 2.22. The van der Waals surface area contributed by atoms with Gasteiger partial charge in [0.1, 0.15) is 0 Å². The maximum absolute atomic E-state index is 12.0. The summed E-state index contributed by atoms with van der Waals surface area (Å²) >= 11 is 0. The molecule has 2 amide bonds. The third kappa shape index (κ3) is 4.46. The predicted octanol–water partition coefficient (Wildman–Crippen LogP) is 1.60.